The first-order chi connectivity index (χ1) is 8.16. The first-order valence-electron chi connectivity index (χ1n) is 4.97. The molecule has 1 aromatic carbocycles. The highest BCUT2D eigenvalue weighted by molar-refractivity contribution is 5.96. The van der Waals surface area contributed by atoms with Gasteiger partial charge in [-0.25, -0.2) is 0 Å². The Hall–Kier alpha value is -2.44. The number of hydrogen-bond donors (Lipinski definition) is 3. The van der Waals surface area contributed by atoms with Gasteiger partial charge in [-0.05, 0) is 24.6 Å². The number of tetrazole rings is 1. The number of amides is 1. The molecule has 0 radical (unpaired) electrons. The predicted molar refractivity (Wildman–Crippen MR) is 58.2 cm³/mol. The highest BCUT2D eigenvalue weighted by Gasteiger charge is 2.11. The summed E-state index contributed by atoms with van der Waals surface area (Å²) in [5.41, 5.74) is 1.11. The monoisotopic (exact) mass is 233 g/mol. The molecule has 7 heteroatoms. The lowest BCUT2D eigenvalue weighted by molar-refractivity contribution is 0.0947. The van der Waals surface area contributed by atoms with Crippen molar-refractivity contribution in [3.8, 4) is 5.75 Å². The maximum Gasteiger partial charge on any atom is 0.255 e. The minimum atomic E-state index is -0.382. The van der Waals surface area contributed by atoms with E-state index in [9.17, 15) is 9.90 Å². The molecule has 17 heavy (non-hydrogen) atoms. The molecule has 0 aliphatic rings. The molecule has 1 heterocycles. The molecule has 0 unspecified atom stereocenters. The number of rotatable bonds is 3. The Morgan fingerprint density at radius 2 is 2.35 bits per heavy atom. The molecule has 0 fully saturated rings. The summed E-state index contributed by atoms with van der Waals surface area (Å²) in [6, 6.07) is 4.85. The van der Waals surface area contributed by atoms with Gasteiger partial charge in [-0.15, -0.1) is 10.2 Å². The molecule has 1 amide bonds. The van der Waals surface area contributed by atoms with Gasteiger partial charge in [-0.1, -0.05) is 11.3 Å². The van der Waals surface area contributed by atoms with Crippen molar-refractivity contribution in [3.63, 3.8) is 0 Å². The topological polar surface area (TPSA) is 104 Å². The second kappa shape index (κ2) is 4.60. The van der Waals surface area contributed by atoms with Crippen LogP contribution < -0.4 is 5.32 Å². The van der Waals surface area contributed by atoms with Crippen LogP contribution in [0.25, 0.3) is 0 Å². The average molecular weight is 233 g/mol. The van der Waals surface area contributed by atoms with Gasteiger partial charge in [0.1, 0.15) is 5.75 Å². The van der Waals surface area contributed by atoms with E-state index in [1.54, 1.807) is 12.1 Å². The number of benzene rings is 1. The number of hydrogen-bond acceptors (Lipinski definition) is 5. The zero-order valence-electron chi connectivity index (χ0n) is 9.14. The van der Waals surface area contributed by atoms with Gasteiger partial charge in [-0.3, -0.25) is 4.79 Å². The van der Waals surface area contributed by atoms with Crippen molar-refractivity contribution in [2.24, 2.45) is 0 Å². The number of phenolic OH excluding ortho intramolecular Hbond substituents is 1. The summed E-state index contributed by atoms with van der Waals surface area (Å²) in [6.45, 7) is 1.99. The molecule has 0 spiro atoms. The van der Waals surface area contributed by atoms with E-state index >= 15 is 0 Å². The number of aryl methyl sites for hydroxylation is 1. The second-order valence-electron chi connectivity index (χ2n) is 3.53. The highest BCUT2D eigenvalue weighted by atomic mass is 16.3. The van der Waals surface area contributed by atoms with E-state index in [0.29, 0.717) is 5.82 Å². The van der Waals surface area contributed by atoms with E-state index in [-0.39, 0.29) is 23.8 Å². The lowest BCUT2D eigenvalue weighted by Crippen LogP contribution is -2.23. The number of nitrogens with one attached hydrogen (secondary N) is 2. The maximum absolute atomic E-state index is 11.7. The molecule has 0 bridgehead atoms. The first kappa shape index (κ1) is 11.1. The van der Waals surface area contributed by atoms with Crippen LogP contribution in [0.1, 0.15) is 21.7 Å². The minimum Gasteiger partial charge on any atom is -0.507 e. The number of aromatic amines is 1. The van der Waals surface area contributed by atoms with Crippen LogP contribution in [0.4, 0.5) is 0 Å². The molecule has 1 aromatic heterocycles. The molecular weight excluding hydrogens is 222 g/mol. The molecule has 0 aliphatic carbocycles. The van der Waals surface area contributed by atoms with Gasteiger partial charge in [0, 0.05) is 0 Å². The number of H-pyrrole nitrogens is 1. The fourth-order valence-electron chi connectivity index (χ4n) is 1.35. The van der Waals surface area contributed by atoms with E-state index in [1.807, 2.05) is 6.92 Å². The van der Waals surface area contributed by atoms with Gasteiger partial charge in [0.15, 0.2) is 5.82 Å². The lowest BCUT2D eigenvalue weighted by Gasteiger charge is -2.05. The summed E-state index contributed by atoms with van der Waals surface area (Å²) in [7, 11) is 0. The van der Waals surface area contributed by atoms with Gasteiger partial charge in [0.2, 0.25) is 0 Å². The Morgan fingerprint density at radius 3 is 3.00 bits per heavy atom. The maximum atomic E-state index is 11.7. The summed E-state index contributed by atoms with van der Waals surface area (Å²) in [5, 5.41) is 25.2. The molecule has 0 aliphatic heterocycles. The van der Waals surface area contributed by atoms with Crippen LogP contribution in [0, 0.1) is 6.92 Å². The molecule has 2 rings (SSSR count). The van der Waals surface area contributed by atoms with E-state index in [2.05, 4.69) is 25.9 Å². The summed E-state index contributed by atoms with van der Waals surface area (Å²) in [5.74, 6) is -0.0483. The number of carbonyl (C=O) groups is 1. The lowest BCUT2D eigenvalue weighted by atomic mass is 10.1. The largest absolute Gasteiger partial charge is 0.507 e. The van der Waals surface area contributed by atoms with Crippen LogP contribution in [0.5, 0.6) is 5.75 Å². The SMILES string of the molecule is Cc1ccc(C(=O)NCc2nn[nH]n2)c(O)c1. The normalized spacial score (nSPS) is 10.2. The third kappa shape index (κ3) is 2.57. The van der Waals surface area contributed by atoms with Crippen molar-refractivity contribution in [1.82, 2.24) is 25.9 Å². The van der Waals surface area contributed by atoms with Crippen LogP contribution in [-0.2, 0) is 6.54 Å². The number of aromatic hydroxyl groups is 1. The van der Waals surface area contributed by atoms with Crippen molar-refractivity contribution < 1.29 is 9.90 Å². The average Bonchev–Trinajstić information content (AvgIpc) is 2.78. The fourth-order valence-corrected chi connectivity index (χ4v) is 1.35. The van der Waals surface area contributed by atoms with E-state index in [4.69, 9.17) is 0 Å². The van der Waals surface area contributed by atoms with Gasteiger partial charge in [0.05, 0.1) is 12.1 Å². The molecular formula is C10H11N5O2. The fraction of sp³-hybridized carbons (Fsp3) is 0.200. The highest BCUT2D eigenvalue weighted by Crippen LogP contribution is 2.18. The summed E-state index contributed by atoms with van der Waals surface area (Å²) < 4.78 is 0. The zero-order valence-corrected chi connectivity index (χ0v) is 9.14. The van der Waals surface area contributed by atoms with Gasteiger partial charge < -0.3 is 10.4 Å². The number of nitrogens with zero attached hydrogens (tertiary/aromatic N) is 3. The van der Waals surface area contributed by atoms with Crippen molar-refractivity contribution in [2.75, 3.05) is 0 Å². The Bertz CT molecular complexity index is 523. The zero-order chi connectivity index (χ0) is 12.3. The first-order valence-corrected chi connectivity index (χ1v) is 4.97. The Balaban J connectivity index is 2.04. The quantitative estimate of drug-likeness (QED) is 0.699. The summed E-state index contributed by atoms with van der Waals surface area (Å²) in [6.07, 6.45) is 0. The van der Waals surface area contributed by atoms with E-state index < -0.39 is 0 Å². The van der Waals surface area contributed by atoms with Crippen molar-refractivity contribution in [3.05, 3.63) is 35.2 Å². The number of carbonyl (C=O) groups excluding carboxylic acids is 1. The van der Waals surface area contributed by atoms with Crippen LogP contribution in [-0.4, -0.2) is 31.6 Å². The van der Waals surface area contributed by atoms with Gasteiger partial charge in [-0.2, -0.15) is 5.21 Å². The Labute approximate surface area is 96.9 Å². The minimum absolute atomic E-state index is 0.0457. The van der Waals surface area contributed by atoms with E-state index in [0.717, 1.165) is 5.56 Å². The van der Waals surface area contributed by atoms with Gasteiger partial charge >= 0.3 is 0 Å². The van der Waals surface area contributed by atoms with Crippen molar-refractivity contribution in [2.45, 2.75) is 13.5 Å². The molecule has 0 atom stereocenters. The molecule has 7 nitrogen and oxygen atoms in total. The molecule has 3 N–H and O–H groups in total. The second-order valence-corrected chi connectivity index (χ2v) is 3.53. The predicted octanol–water partition coefficient (Wildman–Crippen LogP) is 0.144. The molecule has 2 aromatic rings. The third-order valence-corrected chi connectivity index (χ3v) is 2.19. The number of aromatic nitrogens is 4. The van der Waals surface area contributed by atoms with Crippen LogP contribution in [0.15, 0.2) is 18.2 Å². The standard InChI is InChI=1S/C10H11N5O2/c1-6-2-3-7(8(16)4-6)10(17)11-5-9-12-14-15-13-9/h2-4,16H,5H2,1H3,(H,11,17)(H,12,13,14,15). The van der Waals surface area contributed by atoms with Crippen LogP contribution in [0.2, 0.25) is 0 Å². The van der Waals surface area contributed by atoms with Crippen LogP contribution >= 0.6 is 0 Å². The molecule has 0 saturated heterocycles. The van der Waals surface area contributed by atoms with Crippen molar-refractivity contribution >= 4 is 5.91 Å². The van der Waals surface area contributed by atoms with E-state index in [1.165, 1.54) is 6.07 Å². The Kier molecular flexibility index (Phi) is 2.99. The number of phenols is 1. The summed E-state index contributed by atoms with van der Waals surface area (Å²) >= 11 is 0. The smallest absolute Gasteiger partial charge is 0.255 e. The summed E-state index contributed by atoms with van der Waals surface area (Å²) in [4.78, 5) is 11.7. The molecule has 88 valence electrons. The molecule has 0 saturated carbocycles. The Morgan fingerprint density at radius 1 is 1.53 bits per heavy atom. The van der Waals surface area contributed by atoms with Crippen molar-refractivity contribution in [1.29, 1.82) is 0 Å². The third-order valence-electron chi connectivity index (χ3n) is 2.19. The van der Waals surface area contributed by atoms with Gasteiger partial charge in [0.25, 0.3) is 5.91 Å². The van der Waals surface area contributed by atoms with Crippen LogP contribution in [0.3, 0.4) is 0 Å².